The summed E-state index contributed by atoms with van der Waals surface area (Å²) >= 11 is 0. The fraction of sp³-hybridized carbons (Fsp3) is 0.806. The van der Waals surface area contributed by atoms with E-state index in [0.717, 1.165) is 36.0 Å². The monoisotopic (exact) mass is 528 g/mol. The third-order valence-electron chi connectivity index (χ3n) is 12.1. The van der Waals surface area contributed by atoms with Crippen LogP contribution < -0.4 is 4.72 Å². The Balaban J connectivity index is 1.24. The van der Waals surface area contributed by atoms with Gasteiger partial charge < -0.3 is 0 Å². The second kappa shape index (κ2) is 10.3. The van der Waals surface area contributed by atoms with Crippen LogP contribution in [0.15, 0.2) is 29.4 Å². The second-order valence-electron chi connectivity index (χ2n) is 13.6. The molecule has 206 valence electrons. The fourth-order valence-electron chi connectivity index (χ4n) is 10.3. The molecule has 4 fully saturated rings. The smallest absolute Gasteiger partial charge is 0.265 e. The van der Waals surface area contributed by atoms with E-state index in [0.29, 0.717) is 22.7 Å². The van der Waals surface area contributed by atoms with Crippen LogP contribution >= 0.6 is 0 Å². The van der Waals surface area contributed by atoms with Crippen molar-refractivity contribution in [2.45, 2.75) is 110 Å². The zero-order valence-electron chi connectivity index (χ0n) is 23.4. The Morgan fingerprint density at radius 2 is 1.86 bits per heavy atom. The Morgan fingerprint density at radius 1 is 1.08 bits per heavy atom. The van der Waals surface area contributed by atoms with Gasteiger partial charge in [-0.3, -0.25) is 9.78 Å². The maximum Gasteiger partial charge on any atom is 0.265 e. The number of carbonyl (C=O) groups excluding carboxylic acids is 1. The minimum Gasteiger partial charge on any atom is -0.274 e. The first kappa shape index (κ1) is 27.1. The maximum absolute atomic E-state index is 12.6. The fourth-order valence-corrected chi connectivity index (χ4v) is 11.3. The third kappa shape index (κ3) is 4.78. The highest BCUT2D eigenvalue weighted by Crippen LogP contribution is 2.69. The van der Waals surface area contributed by atoms with Gasteiger partial charge in [-0.25, -0.2) is 13.1 Å². The van der Waals surface area contributed by atoms with Crippen LogP contribution in [0.1, 0.15) is 105 Å². The van der Waals surface area contributed by atoms with Crippen molar-refractivity contribution in [3.8, 4) is 0 Å². The molecule has 5 nitrogen and oxygen atoms in total. The van der Waals surface area contributed by atoms with E-state index in [4.69, 9.17) is 0 Å². The van der Waals surface area contributed by atoms with Gasteiger partial charge in [0.2, 0.25) is 5.91 Å². The summed E-state index contributed by atoms with van der Waals surface area (Å²) in [4.78, 5) is 16.5. The Hall–Kier alpha value is -1.43. The number of carbonyl (C=O) groups is 1. The first-order valence-corrected chi connectivity index (χ1v) is 16.5. The third-order valence-corrected chi connectivity index (χ3v) is 13.4. The van der Waals surface area contributed by atoms with Crippen molar-refractivity contribution in [2.75, 3.05) is 0 Å². The summed E-state index contributed by atoms with van der Waals surface area (Å²) in [7, 11) is -3.86. The lowest BCUT2D eigenvalue weighted by molar-refractivity contribution is -0.138. The average molecular weight is 529 g/mol. The summed E-state index contributed by atoms with van der Waals surface area (Å²) < 4.78 is 27.3. The Morgan fingerprint density at radius 3 is 2.59 bits per heavy atom. The van der Waals surface area contributed by atoms with E-state index in [-0.39, 0.29) is 11.3 Å². The highest BCUT2D eigenvalue weighted by molar-refractivity contribution is 7.90. The van der Waals surface area contributed by atoms with Gasteiger partial charge in [0.25, 0.3) is 10.0 Å². The SMILES string of the molecule is CC[C@H]1CC2C3CC[C@H]([C@H](C)CCC(=O)NS(=O)(=O)c4cccnc4)[C@@]3(C)CCC2[C@@]2(C)CCCC[C@@H]12. The molecular weight excluding hydrogens is 480 g/mol. The summed E-state index contributed by atoms with van der Waals surface area (Å²) in [6.07, 6.45) is 17.6. The van der Waals surface area contributed by atoms with E-state index in [1.807, 2.05) is 0 Å². The lowest BCUT2D eigenvalue weighted by Crippen LogP contribution is -2.55. The first-order valence-electron chi connectivity index (χ1n) is 15.1. The number of nitrogens with one attached hydrogen (secondary N) is 1. The van der Waals surface area contributed by atoms with Crippen molar-refractivity contribution >= 4 is 15.9 Å². The minimum absolute atomic E-state index is 0.0334. The maximum atomic E-state index is 12.6. The highest BCUT2D eigenvalue weighted by Gasteiger charge is 2.61. The zero-order chi connectivity index (χ0) is 26.4. The van der Waals surface area contributed by atoms with Crippen LogP contribution in [0.3, 0.4) is 0 Å². The molecule has 1 aromatic rings. The van der Waals surface area contributed by atoms with Gasteiger partial charge in [-0.1, -0.05) is 47.0 Å². The molecule has 1 N–H and O–H groups in total. The largest absolute Gasteiger partial charge is 0.274 e. The average Bonchev–Trinajstić information content (AvgIpc) is 3.24. The van der Waals surface area contributed by atoms with Crippen molar-refractivity contribution in [1.29, 1.82) is 0 Å². The molecule has 0 aliphatic heterocycles. The van der Waals surface area contributed by atoms with E-state index >= 15 is 0 Å². The van der Waals surface area contributed by atoms with E-state index in [9.17, 15) is 13.2 Å². The Labute approximate surface area is 225 Å². The van der Waals surface area contributed by atoms with E-state index in [1.165, 1.54) is 82.7 Å². The molecule has 0 spiro atoms. The van der Waals surface area contributed by atoms with E-state index < -0.39 is 15.9 Å². The molecule has 4 saturated carbocycles. The molecule has 9 atom stereocenters. The molecule has 4 aliphatic rings. The normalized spacial score (nSPS) is 40.2. The lowest BCUT2D eigenvalue weighted by Gasteiger charge is -2.63. The van der Waals surface area contributed by atoms with Gasteiger partial charge in [0, 0.05) is 18.8 Å². The number of aromatic nitrogens is 1. The summed E-state index contributed by atoms with van der Waals surface area (Å²) in [5.74, 6) is 5.05. The number of hydrogen-bond acceptors (Lipinski definition) is 4. The molecule has 0 aromatic carbocycles. The van der Waals surface area contributed by atoms with E-state index in [2.05, 4.69) is 37.4 Å². The number of sulfonamides is 1. The van der Waals surface area contributed by atoms with E-state index in [1.54, 1.807) is 6.07 Å². The van der Waals surface area contributed by atoms with Crippen molar-refractivity contribution in [2.24, 2.45) is 52.3 Å². The van der Waals surface area contributed by atoms with Crippen LogP contribution in [0, 0.1) is 52.3 Å². The lowest BCUT2D eigenvalue weighted by atomic mass is 9.42. The Kier molecular flexibility index (Phi) is 7.54. The van der Waals surface area contributed by atoms with Gasteiger partial charge in [-0.15, -0.1) is 0 Å². The van der Waals surface area contributed by atoms with Crippen LogP contribution in [0.4, 0.5) is 0 Å². The molecule has 1 heterocycles. The van der Waals surface area contributed by atoms with Crippen molar-refractivity contribution in [3.63, 3.8) is 0 Å². The van der Waals surface area contributed by atoms with Crippen LogP contribution in [-0.4, -0.2) is 19.3 Å². The van der Waals surface area contributed by atoms with Crippen molar-refractivity contribution in [3.05, 3.63) is 24.5 Å². The molecule has 5 rings (SSSR count). The van der Waals surface area contributed by atoms with Crippen LogP contribution in [0.2, 0.25) is 0 Å². The number of rotatable bonds is 7. The van der Waals surface area contributed by atoms with Crippen LogP contribution in [0.25, 0.3) is 0 Å². The minimum atomic E-state index is -3.86. The molecule has 4 aliphatic carbocycles. The number of hydrogen-bond donors (Lipinski definition) is 1. The second-order valence-corrected chi connectivity index (χ2v) is 15.3. The Bertz CT molecular complexity index is 1080. The highest BCUT2D eigenvalue weighted by atomic mass is 32.2. The topological polar surface area (TPSA) is 76.1 Å². The molecule has 1 aromatic heterocycles. The molecule has 0 bridgehead atoms. The quantitative estimate of drug-likeness (QED) is 0.414. The summed E-state index contributed by atoms with van der Waals surface area (Å²) in [6.45, 7) is 9.99. The molecule has 0 radical (unpaired) electrons. The molecule has 3 unspecified atom stereocenters. The molecule has 37 heavy (non-hydrogen) atoms. The summed E-state index contributed by atoms with van der Waals surface area (Å²) in [6, 6.07) is 3.03. The zero-order valence-corrected chi connectivity index (χ0v) is 24.2. The predicted molar refractivity (Wildman–Crippen MR) is 147 cm³/mol. The first-order chi connectivity index (χ1) is 17.6. The molecular formula is C31H48N2O3S. The molecule has 6 heteroatoms. The summed E-state index contributed by atoms with van der Waals surface area (Å²) in [5.41, 5.74) is 0.903. The predicted octanol–water partition coefficient (Wildman–Crippen LogP) is 6.99. The van der Waals surface area contributed by atoms with Crippen molar-refractivity contribution in [1.82, 2.24) is 9.71 Å². The van der Waals surface area contributed by atoms with Gasteiger partial charge in [0.15, 0.2) is 0 Å². The number of amides is 1. The van der Waals surface area contributed by atoms with Gasteiger partial charge in [-0.2, -0.15) is 0 Å². The summed E-state index contributed by atoms with van der Waals surface area (Å²) in [5, 5.41) is 0. The van der Waals surface area contributed by atoms with Crippen molar-refractivity contribution < 1.29 is 13.2 Å². The van der Waals surface area contributed by atoms with Crippen LogP contribution in [-0.2, 0) is 14.8 Å². The number of nitrogens with zero attached hydrogens (tertiary/aromatic N) is 1. The standard InChI is InChI=1S/C31H48N2O3S/c1-5-22-19-24-27-13-12-25(31(27,4)17-15-28(24)30(3)16-7-6-10-26(22)30)21(2)11-14-29(34)33-37(35,36)23-9-8-18-32-20-23/h8-9,18,20-22,24-28H,5-7,10-17,19H2,1-4H3,(H,33,34)/t21-,22+,24?,25-,26+,27?,28?,30+,31-/m1/s1. The van der Waals surface area contributed by atoms with Gasteiger partial charge in [0.05, 0.1) is 0 Å². The number of fused-ring (bicyclic) bond motifs is 5. The molecule has 0 saturated heterocycles. The van der Waals surface area contributed by atoms with Crippen LogP contribution in [0.5, 0.6) is 0 Å². The van der Waals surface area contributed by atoms with Gasteiger partial charge in [-0.05, 0) is 116 Å². The number of pyridine rings is 1. The van der Waals surface area contributed by atoms with Gasteiger partial charge >= 0.3 is 0 Å². The van der Waals surface area contributed by atoms with Gasteiger partial charge in [0.1, 0.15) is 4.90 Å². The molecule has 1 amide bonds.